The van der Waals surface area contributed by atoms with Gasteiger partial charge in [-0.2, -0.15) is 0 Å². The first-order valence-electron chi connectivity index (χ1n) is 4.44. The first kappa shape index (κ1) is 10.2. The monoisotopic (exact) mass is 221 g/mol. The molecule has 0 spiro atoms. The molecule has 1 aromatic rings. The number of carboxylic acids is 1. The minimum absolute atomic E-state index is 0.108. The molecule has 0 aromatic heterocycles. The van der Waals surface area contributed by atoms with Gasteiger partial charge in [-0.1, -0.05) is 18.2 Å². The topological polar surface area (TPSA) is 89.7 Å². The largest absolute Gasteiger partial charge is 0.478 e. The summed E-state index contributed by atoms with van der Waals surface area (Å²) in [7, 11) is 0. The Morgan fingerprint density at radius 3 is 2.75 bits per heavy atom. The highest BCUT2D eigenvalue weighted by Crippen LogP contribution is 2.31. The maximum absolute atomic E-state index is 10.9. The van der Waals surface area contributed by atoms with E-state index in [1.807, 2.05) is 0 Å². The molecule has 0 fully saturated rings. The fourth-order valence-electron chi connectivity index (χ4n) is 1.48. The van der Waals surface area contributed by atoms with Crippen molar-refractivity contribution >= 4 is 11.5 Å². The molecule has 0 amide bonds. The Bertz CT molecular complexity index is 494. The van der Waals surface area contributed by atoms with Gasteiger partial charge in [-0.3, -0.25) is 10.1 Å². The maximum atomic E-state index is 10.9. The van der Waals surface area contributed by atoms with E-state index in [2.05, 4.69) is 0 Å². The van der Waals surface area contributed by atoms with E-state index in [0.717, 1.165) is 6.08 Å². The molecule has 82 valence electrons. The summed E-state index contributed by atoms with van der Waals surface area (Å²) in [6.45, 7) is 0. The zero-order valence-corrected chi connectivity index (χ0v) is 7.99. The zero-order valence-electron chi connectivity index (χ0n) is 7.99. The highest BCUT2D eigenvalue weighted by molar-refractivity contribution is 6.16. The lowest BCUT2D eigenvalue weighted by Crippen LogP contribution is -2.28. The number of carboxylic acid groups (broad SMARTS) is 1. The lowest BCUT2D eigenvalue weighted by Gasteiger charge is -2.18. The average Bonchev–Trinajstić information content (AvgIpc) is 2.27. The van der Waals surface area contributed by atoms with Crippen LogP contribution in [0.4, 0.5) is 0 Å². The number of fused-ring (bicyclic) bond motifs is 1. The van der Waals surface area contributed by atoms with Crippen LogP contribution in [0.3, 0.4) is 0 Å². The second-order valence-electron chi connectivity index (χ2n) is 3.18. The van der Waals surface area contributed by atoms with Crippen molar-refractivity contribution in [2.75, 3.05) is 0 Å². The summed E-state index contributed by atoms with van der Waals surface area (Å²) >= 11 is 0. The fourth-order valence-corrected chi connectivity index (χ4v) is 1.48. The van der Waals surface area contributed by atoms with E-state index in [1.54, 1.807) is 18.2 Å². The van der Waals surface area contributed by atoms with E-state index < -0.39 is 17.1 Å². The van der Waals surface area contributed by atoms with Crippen LogP contribution in [0.5, 0.6) is 5.75 Å². The molecular weight excluding hydrogens is 214 g/mol. The number of ether oxygens (including phenoxy) is 1. The van der Waals surface area contributed by atoms with E-state index in [1.165, 1.54) is 6.07 Å². The highest BCUT2D eigenvalue weighted by Gasteiger charge is 2.30. The molecule has 6 nitrogen and oxygen atoms in total. The van der Waals surface area contributed by atoms with Gasteiger partial charge in [-0.25, -0.2) is 4.79 Å². The van der Waals surface area contributed by atoms with Gasteiger partial charge in [0, 0.05) is 11.6 Å². The SMILES string of the molecule is O=C(O)C1=CC([N+](=O)[O-])Oc2ccccc21. The quantitative estimate of drug-likeness (QED) is 0.597. The number of hydrogen-bond donors (Lipinski definition) is 1. The van der Waals surface area contributed by atoms with Crippen molar-refractivity contribution in [1.82, 2.24) is 0 Å². The Kier molecular flexibility index (Phi) is 2.32. The van der Waals surface area contributed by atoms with Crippen LogP contribution in [-0.4, -0.2) is 22.2 Å². The van der Waals surface area contributed by atoms with E-state index in [0.29, 0.717) is 5.56 Å². The maximum Gasteiger partial charge on any atom is 0.375 e. The standard InChI is InChI=1S/C10H7NO5/c12-10(13)7-5-9(11(14)15)16-8-4-2-1-3-6(7)8/h1-5,9H,(H,12,13). The van der Waals surface area contributed by atoms with E-state index in [4.69, 9.17) is 9.84 Å². The highest BCUT2D eigenvalue weighted by atomic mass is 16.7. The number of carbonyl (C=O) groups is 1. The molecule has 1 unspecified atom stereocenters. The molecule has 0 bridgehead atoms. The van der Waals surface area contributed by atoms with Crippen LogP contribution < -0.4 is 4.74 Å². The molecule has 1 N–H and O–H groups in total. The Morgan fingerprint density at radius 2 is 2.12 bits per heavy atom. The van der Waals surface area contributed by atoms with Crippen LogP contribution in [0.1, 0.15) is 5.56 Å². The summed E-state index contributed by atoms with van der Waals surface area (Å²) in [6, 6.07) is 6.32. The second-order valence-corrected chi connectivity index (χ2v) is 3.18. The van der Waals surface area contributed by atoms with Gasteiger partial charge in [0.2, 0.25) is 0 Å². The molecule has 0 saturated heterocycles. The van der Waals surface area contributed by atoms with Gasteiger partial charge in [-0.15, -0.1) is 0 Å². The summed E-state index contributed by atoms with van der Waals surface area (Å²) < 4.78 is 5.03. The molecule has 2 rings (SSSR count). The Labute approximate surface area is 89.9 Å². The Hall–Kier alpha value is -2.37. The van der Waals surface area contributed by atoms with Gasteiger partial charge < -0.3 is 9.84 Å². The van der Waals surface area contributed by atoms with Gasteiger partial charge >= 0.3 is 12.2 Å². The number of nitro groups is 1. The first-order chi connectivity index (χ1) is 7.59. The number of hydrogen-bond acceptors (Lipinski definition) is 4. The number of benzene rings is 1. The summed E-state index contributed by atoms with van der Waals surface area (Å²) in [5.74, 6) is -0.994. The van der Waals surface area contributed by atoms with Crippen LogP contribution in [0, 0.1) is 10.1 Å². The van der Waals surface area contributed by atoms with E-state index in [9.17, 15) is 14.9 Å². The third-order valence-electron chi connectivity index (χ3n) is 2.17. The van der Waals surface area contributed by atoms with Crippen molar-refractivity contribution in [3.63, 3.8) is 0 Å². The molecule has 16 heavy (non-hydrogen) atoms. The smallest absolute Gasteiger partial charge is 0.375 e. The molecule has 0 saturated carbocycles. The van der Waals surface area contributed by atoms with Crippen molar-refractivity contribution in [1.29, 1.82) is 0 Å². The van der Waals surface area contributed by atoms with Crippen LogP contribution in [0.15, 0.2) is 30.3 Å². The second kappa shape index (κ2) is 3.65. The molecular formula is C10H7NO5. The summed E-state index contributed by atoms with van der Waals surface area (Å²) in [5, 5.41) is 19.5. The van der Waals surface area contributed by atoms with Crippen molar-refractivity contribution in [2.24, 2.45) is 0 Å². The normalized spacial score (nSPS) is 18.0. The molecule has 1 aliphatic heterocycles. The Morgan fingerprint density at radius 1 is 1.44 bits per heavy atom. The molecule has 1 aromatic carbocycles. The fraction of sp³-hybridized carbons (Fsp3) is 0.100. The molecule has 0 radical (unpaired) electrons. The van der Waals surface area contributed by atoms with Crippen molar-refractivity contribution in [2.45, 2.75) is 6.23 Å². The molecule has 1 heterocycles. The van der Waals surface area contributed by atoms with Crippen LogP contribution >= 0.6 is 0 Å². The molecule has 0 aliphatic carbocycles. The third-order valence-corrected chi connectivity index (χ3v) is 2.17. The average molecular weight is 221 g/mol. The lowest BCUT2D eigenvalue weighted by atomic mass is 10.0. The van der Waals surface area contributed by atoms with Crippen molar-refractivity contribution < 1.29 is 19.6 Å². The minimum Gasteiger partial charge on any atom is -0.478 e. The van der Waals surface area contributed by atoms with Crippen molar-refractivity contribution in [3.05, 3.63) is 46.0 Å². The molecule has 1 atom stereocenters. The van der Waals surface area contributed by atoms with E-state index >= 15 is 0 Å². The summed E-state index contributed by atoms with van der Waals surface area (Å²) in [4.78, 5) is 20.8. The van der Waals surface area contributed by atoms with E-state index in [-0.39, 0.29) is 11.3 Å². The Balaban J connectivity index is 2.53. The van der Waals surface area contributed by atoms with Crippen LogP contribution in [-0.2, 0) is 4.79 Å². The predicted octanol–water partition coefficient (Wildman–Crippen LogP) is 1.15. The number of aliphatic carboxylic acids is 1. The van der Waals surface area contributed by atoms with Crippen LogP contribution in [0.25, 0.3) is 5.57 Å². The van der Waals surface area contributed by atoms with Crippen LogP contribution in [0.2, 0.25) is 0 Å². The summed E-state index contributed by atoms with van der Waals surface area (Å²) in [6.07, 6.45) is -0.453. The third kappa shape index (κ3) is 1.60. The number of nitrogens with zero attached hydrogens (tertiary/aromatic N) is 1. The molecule has 1 aliphatic rings. The minimum atomic E-state index is -1.44. The first-order valence-corrected chi connectivity index (χ1v) is 4.44. The van der Waals surface area contributed by atoms with Gasteiger partial charge in [0.25, 0.3) is 0 Å². The number of para-hydroxylation sites is 1. The van der Waals surface area contributed by atoms with Crippen molar-refractivity contribution in [3.8, 4) is 5.75 Å². The number of rotatable bonds is 2. The predicted molar refractivity (Wildman–Crippen MR) is 53.5 cm³/mol. The molecule has 6 heteroatoms. The van der Waals surface area contributed by atoms with Gasteiger partial charge in [0.1, 0.15) is 5.75 Å². The van der Waals surface area contributed by atoms with Gasteiger partial charge in [0.15, 0.2) is 0 Å². The lowest BCUT2D eigenvalue weighted by molar-refractivity contribution is -0.548. The van der Waals surface area contributed by atoms with Gasteiger partial charge in [0.05, 0.1) is 10.5 Å². The van der Waals surface area contributed by atoms with Gasteiger partial charge in [-0.05, 0) is 6.07 Å². The zero-order chi connectivity index (χ0) is 11.7. The summed E-state index contributed by atoms with van der Waals surface area (Å²) in [5.41, 5.74) is 0.247.